The van der Waals surface area contributed by atoms with Crippen molar-refractivity contribution in [3.8, 4) is 0 Å². The molecule has 0 aromatic carbocycles. The molecule has 0 spiro atoms. The monoisotopic (exact) mass is 267 g/mol. The fourth-order valence-corrected chi connectivity index (χ4v) is 2.54. The standard InChI is InChI=1S/C13H24F3NO/c1-11(2)17-9-12(5-3-4-6-12)7-8-18-10-13(14,15)16/h11,17H,3-10H2,1-2H3. The molecular formula is C13H24F3NO. The van der Waals surface area contributed by atoms with Crippen LogP contribution in [0.1, 0.15) is 46.0 Å². The van der Waals surface area contributed by atoms with Gasteiger partial charge in [0.1, 0.15) is 6.61 Å². The molecule has 1 aliphatic carbocycles. The van der Waals surface area contributed by atoms with Crippen molar-refractivity contribution in [1.29, 1.82) is 0 Å². The van der Waals surface area contributed by atoms with Crippen molar-refractivity contribution in [3.63, 3.8) is 0 Å². The lowest BCUT2D eigenvalue weighted by Crippen LogP contribution is -2.37. The van der Waals surface area contributed by atoms with E-state index in [1.165, 1.54) is 12.8 Å². The lowest BCUT2D eigenvalue weighted by Gasteiger charge is -2.30. The zero-order valence-corrected chi connectivity index (χ0v) is 11.3. The van der Waals surface area contributed by atoms with Crippen LogP contribution in [0.15, 0.2) is 0 Å². The van der Waals surface area contributed by atoms with Crippen LogP contribution in [0.5, 0.6) is 0 Å². The summed E-state index contributed by atoms with van der Waals surface area (Å²) in [4.78, 5) is 0. The first-order valence-corrected chi connectivity index (χ1v) is 6.71. The fraction of sp³-hybridized carbons (Fsp3) is 1.00. The molecule has 5 heteroatoms. The smallest absolute Gasteiger partial charge is 0.372 e. The Balaban J connectivity index is 2.29. The maximum Gasteiger partial charge on any atom is 0.411 e. The average Bonchev–Trinajstić information content (AvgIpc) is 2.70. The number of hydrogen-bond acceptors (Lipinski definition) is 2. The summed E-state index contributed by atoms with van der Waals surface area (Å²) >= 11 is 0. The molecule has 0 aliphatic heterocycles. The molecule has 1 saturated carbocycles. The Labute approximate surface area is 107 Å². The highest BCUT2D eigenvalue weighted by molar-refractivity contribution is 4.87. The lowest BCUT2D eigenvalue weighted by molar-refractivity contribution is -0.175. The van der Waals surface area contributed by atoms with Gasteiger partial charge in [-0.05, 0) is 24.7 Å². The van der Waals surface area contributed by atoms with Crippen LogP contribution in [0.3, 0.4) is 0 Å². The summed E-state index contributed by atoms with van der Waals surface area (Å²) in [5.74, 6) is 0. The van der Waals surface area contributed by atoms with Crippen molar-refractivity contribution in [1.82, 2.24) is 5.32 Å². The van der Waals surface area contributed by atoms with Gasteiger partial charge in [0.2, 0.25) is 0 Å². The molecule has 0 unspecified atom stereocenters. The largest absolute Gasteiger partial charge is 0.411 e. The van der Waals surface area contributed by atoms with Gasteiger partial charge in [-0.15, -0.1) is 0 Å². The second kappa shape index (κ2) is 6.75. The summed E-state index contributed by atoms with van der Waals surface area (Å²) in [6.45, 7) is 4.14. The van der Waals surface area contributed by atoms with Crippen molar-refractivity contribution >= 4 is 0 Å². The molecule has 0 bridgehead atoms. The van der Waals surface area contributed by atoms with Crippen LogP contribution in [0.25, 0.3) is 0 Å². The van der Waals surface area contributed by atoms with Gasteiger partial charge in [-0.25, -0.2) is 0 Å². The highest BCUT2D eigenvalue weighted by atomic mass is 19.4. The Hall–Kier alpha value is -0.290. The maximum absolute atomic E-state index is 12.0. The second-order valence-electron chi connectivity index (χ2n) is 5.66. The predicted molar refractivity (Wildman–Crippen MR) is 65.5 cm³/mol. The normalized spacial score (nSPS) is 19.7. The number of ether oxygens (including phenoxy) is 1. The molecule has 18 heavy (non-hydrogen) atoms. The zero-order valence-electron chi connectivity index (χ0n) is 11.3. The predicted octanol–water partition coefficient (Wildman–Crippen LogP) is 3.51. The van der Waals surface area contributed by atoms with Gasteiger partial charge in [-0.1, -0.05) is 26.7 Å². The van der Waals surface area contributed by atoms with Crippen molar-refractivity contribution in [2.75, 3.05) is 19.8 Å². The topological polar surface area (TPSA) is 21.3 Å². The molecule has 1 N–H and O–H groups in total. The average molecular weight is 267 g/mol. The molecule has 0 aromatic rings. The van der Waals surface area contributed by atoms with Crippen LogP contribution in [-0.2, 0) is 4.74 Å². The summed E-state index contributed by atoms with van der Waals surface area (Å²) in [5.41, 5.74) is 0.149. The van der Waals surface area contributed by atoms with Gasteiger partial charge in [0.15, 0.2) is 0 Å². The number of hydrogen-bond donors (Lipinski definition) is 1. The molecule has 0 atom stereocenters. The Morgan fingerprint density at radius 3 is 2.33 bits per heavy atom. The molecule has 1 aliphatic rings. The van der Waals surface area contributed by atoms with Crippen molar-refractivity contribution in [2.24, 2.45) is 5.41 Å². The van der Waals surface area contributed by atoms with E-state index in [1.54, 1.807) is 0 Å². The summed E-state index contributed by atoms with van der Waals surface area (Å²) in [7, 11) is 0. The third-order valence-electron chi connectivity index (χ3n) is 3.59. The van der Waals surface area contributed by atoms with Crippen LogP contribution < -0.4 is 5.32 Å². The van der Waals surface area contributed by atoms with Crippen molar-refractivity contribution in [3.05, 3.63) is 0 Å². The maximum atomic E-state index is 12.0. The van der Waals surface area contributed by atoms with Crippen LogP contribution in [0, 0.1) is 5.41 Å². The van der Waals surface area contributed by atoms with Gasteiger partial charge in [-0.3, -0.25) is 0 Å². The minimum Gasteiger partial charge on any atom is -0.372 e. The van der Waals surface area contributed by atoms with Crippen LogP contribution >= 0.6 is 0 Å². The second-order valence-corrected chi connectivity index (χ2v) is 5.66. The first-order chi connectivity index (χ1) is 8.33. The Morgan fingerprint density at radius 2 is 1.83 bits per heavy atom. The molecule has 2 nitrogen and oxygen atoms in total. The van der Waals surface area contributed by atoms with E-state index >= 15 is 0 Å². The Kier molecular flexibility index (Phi) is 5.92. The fourth-order valence-electron chi connectivity index (χ4n) is 2.54. The van der Waals surface area contributed by atoms with E-state index in [1.807, 2.05) is 0 Å². The van der Waals surface area contributed by atoms with E-state index in [9.17, 15) is 13.2 Å². The molecule has 1 fully saturated rings. The van der Waals surface area contributed by atoms with Gasteiger partial charge in [-0.2, -0.15) is 13.2 Å². The molecule has 0 heterocycles. The van der Waals surface area contributed by atoms with Crippen LogP contribution in [0.4, 0.5) is 13.2 Å². The van der Waals surface area contributed by atoms with E-state index in [0.717, 1.165) is 25.8 Å². The summed E-state index contributed by atoms with van der Waals surface area (Å²) in [6, 6.07) is 0.415. The van der Waals surface area contributed by atoms with Gasteiger partial charge in [0.25, 0.3) is 0 Å². The van der Waals surface area contributed by atoms with Crippen molar-refractivity contribution < 1.29 is 17.9 Å². The number of nitrogens with one attached hydrogen (secondary N) is 1. The number of halogens is 3. The first-order valence-electron chi connectivity index (χ1n) is 6.71. The lowest BCUT2D eigenvalue weighted by atomic mass is 9.82. The van der Waals surface area contributed by atoms with Crippen molar-refractivity contribution in [2.45, 2.75) is 58.2 Å². The number of alkyl halides is 3. The number of rotatable bonds is 7. The summed E-state index contributed by atoms with van der Waals surface area (Å²) in [6.07, 6.45) is 1.07. The van der Waals surface area contributed by atoms with E-state index in [-0.39, 0.29) is 12.0 Å². The van der Waals surface area contributed by atoms with Crippen LogP contribution in [0.2, 0.25) is 0 Å². The van der Waals surface area contributed by atoms with Gasteiger partial charge in [0.05, 0.1) is 0 Å². The Morgan fingerprint density at radius 1 is 1.22 bits per heavy atom. The minimum atomic E-state index is -4.21. The highest BCUT2D eigenvalue weighted by Gasteiger charge is 2.34. The van der Waals surface area contributed by atoms with E-state index in [2.05, 4.69) is 19.2 Å². The minimum absolute atomic E-state index is 0.149. The summed E-state index contributed by atoms with van der Waals surface area (Å²) < 4.78 is 40.6. The van der Waals surface area contributed by atoms with E-state index in [4.69, 9.17) is 4.74 Å². The van der Waals surface area contributed by atoms with Gasteiger partial charge < -0.3 is 10.1 Å². The molecule has 0 radical (unpaired) electrons. The SMILES string of the molecule is CC(C)NCC1(CCOCC(F)(F)F)CCCC1. The summed E-state index contributed by atoms with van der Waals surface area (Å²) in [5, 5.41) is 3.41. The van der Waals surface area contributed by atoms with E-state index < -0.39 is 12.8 Å². The first kappa shape index (κ1) is 15.8. The molecule has 1 rings (SSSR count). The van der Waals surface area contributed by atoms with E-state index in [0.29, 0.717) is 6.04 Å². The van der Waals surface area contributed by atoms with Gasteiger partial charge >= 0.3 is 6.18 Å². The zero-order chi connectivity index (χ0) is 13.6. The molecular weight excluding hydrogens is 243 g/mol. The molecule has 0 aromatic heterocycles. The van der Waals surface area contributed by atoms with Crippen LogP contribution in [-0.4, -0.2) is 32.0 Å². The highest BCUT2D eigenvalue weighted by Crippen LogP contribution is 2.40. The molecule has 108 valence electrons. The third kappa shape index (κ3) is 6.05. The Bertz CT molecular complexity index is 235. The third-order valence-corrected chi connectivity index (χ3v) is 3.59. The molecule has 0 saturated heterocycles. The quantitative estimate of drug-likeness (QED) is 0.713. The van der Waals surface area contributed by atoms with Gasteiger partial charge in [0, 0.05) is 19.2 Å². The molecule has 0 amide bonds.